The minimum absolute atomic E-state index is 0.0900. The first-order chi connectivity index (χ1) is 9.01. The average molecular weight is 288 g/mol. The zero-order valence-electron chi connectivity index (χ0n) is 10.6. The third-order valence-corrected chi connectivity index (χ3v) is 2.85. The van der Waals surface area contributed by atoms with Crippen LogP contribution in [-0.2, 0) is 10.6 Å². The highest BCUT2D eigenvalue weighted by Gasteiger charge is 2.29. The summed E-state index contributed by atoms with van der Waals surface area (Å²) >= 11 is 0.0900. The van der Waals surface area contributed by atoms with Crippen LogP contribution in [0.5, 0.6) is 0 Å². The maximum absolute atomic E-state index is 11.7. The molecule has 1 nitrogen and oxygen atoms in total. The Morgan fingerprint density at radius 2 is 1.84 bits per heavy atom. The molecule has 0 unspecified atom stereocenters. The molecule has 19 heavy (non-hydrogen) atoms. The first-order valence-corrected chi connectivity index (χ1v) is 6.77. The Labute approximate surface area is 115 Å². The molecule has 0 aliphatic heterocycles. The van der Waals surface area contributed by atoms with Gasteiger partial charge in [-0.05, 0) is 30.5 Å². The Hall–Kier alpha value is -1.12. The molecule has 0 aliphatic carbocycles. The van der Waals surface area contributed by atoms with Gasteiger partial charge >= 0.3 is 6.36 Å². The molecule has 1 aromatic carbocycles. The van der Waals surface area contributed by atoms with Crippen molar-refractivity contribution in [3.8, 4) is 11.2 Å². The summed E-state index contributed by atoms with van der Waals surface area (Å²) in [5, 5.41) is 2.25. The maximum atomic E-state index is 11.7. The molecule has 1 rings (SSSR count). The molecule has 0 radical (unpaired) electrons. The van der Waals surface area contributed by atoms with E-state index in [0.29, 0.717) is 5.56 Å². The molecule has 0 atom stereocenters. The van der Waals surface area contributed by atoms with E-state index in [0.717, 1.165) is 12.8 Å². The number of hydrogen-bond acceptors (Lipinski definition) is 2. The van der Waals surface area contributed by atoms with E-state index in [2.05, 4.69) is 22.3 Å². The Morgan fingerprint density at radius 3 is 2.42 bits per heavy atom. The summed E-state index contributed by atoms with van der Waals surface area (Å²) in [6.45, 7) is 2.15. The first kappa shape index (κ1) is 15.9. The standard InChI is InChI=1S/C14H15F3OS/c1-2-3-4-5-12-6-8-13(9-7-12)10-11-19-18-14(15,16)17/h6-9H,2-5H2,1H3. The monoisotopic (exact) mass is 288 g/mol. The van der Waals surface area contributed by atoms with Crippen LogP contribution in [0.25, 0.3) is 0 Å². The topological polar surface area (TPSA) is 9.23 Å². The molecule has 104 valence electrons. The van der Waals surface area contributed by atoms with Gasteiger partial charge in [-0.15, -0.1) is 13.2 Å². The normalized spacial score (nSPS) is 10.9. The van der Waals surface area contributed by atoms with Gasteiger partial charge in [0, 0.05) is 10.8 Å². The van der Waals surface area contributed by atoms with Gasteiger partial charge in [0.1, 0.15) is 0 Å². The van der Waals surface area contributed by atoms with E-state index in [4.69, 9.17) is 0 Å². The van der Waals surface area contributed by atoms with Crippen molar-refractivity contribution in [3.05, 3.63) is 35.4 Å². The van der Waals surface area contributed by atoms with E-state index in [1.54, 1.807) is 0 Å². The number of aryl methyl sites for hydroxylation is 1. The number of rotatable bonds is 5. The summed E-state index contributed by atoms with van der Waals surface area (Å²) in [4.78, 5) is 0. The van der Waals surface area contributed by atoms with Crippen LogP contribution in [0.2, 0.25) is 0 Å². The zero-order chi connectivity index (χ0) is 14.1. The van der Waals surface area contributed by atoms with Gasteiger partial charge in [0.05, 0.1) is 12.0 Å². The van der Waals surface area contributed by atoms with E-state index < -0.39 is 6.36 Å². The van der Waals surface area contributed by atoms with Crippen molar-refractivity contribution >= 4 is 12.0 Å². The van der Waals surface area contributed by atoms with Gasteiger partial charge in [-0.3, -0.25) is 0 Å². The summed E-state index contributed by atoms with van der Waals surface area (Å²) in [5.74, 6) is 2.60. The molecule has 0 fully saturated rings. The van der Waals surface area contributed by atoms with Gasteiger partial charge < -0.3 is 0 Å². The molecule has 0 spiro atoms. The molecular weight excluding hydrogens is 273 g/mol. The van der Waals surface area contributed by atoms with Gasteiger partial charge in [-0.2, -0.15) is 0 Å². The molecule has 0 aromatic heterocycles. The number of unbranched alkanes of at least 4 members (excludes halogenated alkanes) is 2. The van der Waals surface area contributed by atoms with Gasteiger partial charge in [-0.25, -0.2) is 4.18 Å². The summed E-state index contributed by atoms with van der Waals surface area (Å²) in [6.07, 6.45) is -0.0975. The van der Waals surface area contributed by atoms with Crippen LogP contribution in [0.1, 0.15) is 37.3 Å². The Balaban J connectivity index is 2.42. The SMILES string of the molecule is CCCCCc1ccc(C#CSOC(F)(F)F)cc1. The lowest BCUT2D eigenvalue weighted by atomic mass is 10.1. The number of halogens is 3. The van der Waals surface area contributed by atoms with Crippen LogP contribution in [0.15, 0.2) is 24.3 Å². The van der Waals surface area contributed by atoms with E-state index in [9.17, 15) is 13.2 Å². The fourth-order valence-corrected chi connectivity index (χ4v) is 1.78. The second-order valence-electron chi connectivity index (χ2n) is 3.99. The zero-order valence-corrected chi connectivity index (χ0v) is 11.4. The molecule has 0 amide bonds. The third kappa shape index (κ3) is 7.81. The molecular formula is C14H15F3OS. The molecule has 0 saturated carbocycles. The van der Waals surface area contributed by atoms with E-state index >= 15 is 0 Å². The van der Waals surface area contributed by atoms with Crippen molar-refractivity contribution in [2.45, 2.75) is 39.0 Å². The van der Waals surface area contributed by atoms with Gasteiger partial charge in [-0.1, -0.05) is 37.8 Å². The van der Waals surface area contributed by atoms with Crippen molar-refractivity contribution in [3.63, 3.8) is 0 Å². The molecule has 0 bridgehead atoms. The number of benzene rings is 1. The summed E-state index contributed by atoms with van der Waals surface area (Å²) in [5.41, 5.74) is 1.90. The summed E-state index contributed by atoms with van der Waals surface area (Å²) < 4.78 is 38.5. The van der Waals surface area contributed by atoms with Gasteiger partial charge in [0.2, 0.25) is 0 Å². The molecule has 1 aromatic rings. The summed E-state index contributed by atoms with van der Waals surface area (Å²) in [6, 6.07) is 7.52. The molecule has 5 heteroatoms. The van der Waals surface area contributed by atoms with Crippen molar-refractivity contribution in [1.29, 1.82) is 0 Å². The van der Waals surface area contributed by atoms with Gasteiger partial charge in [0.15, 0.2) is 0 Å². The van der Waals surface area contributed by atoms with Crippen molar-refractivity contribution in [2.75, 3.05) is 0 Å². The molecule has 0 N–H and O–H groups in total. The lowest BCUT2D eigenvalue weighted by Gasteiger charge is -2.01. The van der Waals surface area contributed by atoms with Gasteiger partial charge in [0.25, 0.3) is 0 Å². The second-order valence-corrected chi connectivity index (χ2v) is 4.53. The minimum atomic E-state index is -4.65. The minimum Gasteiger partial charge on any atom is -0.207 e. The van der Waals surface area contributed by atoms with E-state index in [1.807, 2.05) is 24.3 Å². The highest BCUT2D eigenvalue weighted by molar-refractivity contribution is 7.99. The highest BCUT2D eigenvalue weighted by atomic mass is 32.2. The molecule has 0 heterocycles. The van der Waals surface area contributed by atoms with Crippen LogP contribution in [0, 0.1) is 11.2 Å². The Kier molecular flexibility index (Phi) is 6.82. The average Bonchev–Trinajstić information content (AvgIpc) is 2.36. The molecule has 0 saturated heterocycles. The highest BCUT2D eigenvalue weighted by Crippen LogP contribution is 2.22. The smallest absolute Gasteiger partial charge is 0.207 e. The third-order valence-electron chi connectivity index (χ3n) is 2.40. The predicted octanol–water partition coefficient (Wildman–Crippen LogP) is 4.91. The first-order valence-electron chi connectivity index (χ1n) is 6.02. The summed E-state index contributed by atoms with van der Waals surface area (Å²) in [7, 11) is 0. The van der Waals surface area contributed by atoms with E-state index in [1.165, 1.54) is 18.4 Å². The maximum Gasteiger partial charge on any atom is 0.534 e. The largest absolute Gasteiger partial charge is 0.534 e. The lowest BCUT2D eigenvalue weighted by Crippen LogP contribution is -2.06. The fourth-order valence-electron chi connectivity index (χ4n) is 1.48. The van der Waals surface area contributed by atoms with Crippen molar-refractivity contribution in [1.82, 2.24) is 0 Å². The number of alkyl halides is 3. The number of hydrogen-bond donors (Lipinski definition) is 0. The lowest BCUT2D eigenvalue weighted by molar-refractivity contribution is -0.266. The van der Waals surface area contributed by atoms with Crippen LogP contribution in [0.4, 0.5) is 13.2 Å². The van der Waals surface area contributed by atoms with Crippen LogP contribution < -0.4 is 0 Å². The predicted molar refractivity (Wildman–Crippen MR) is 71.3 cm³/mol. The Morgan fingerprint density at radius 1 is 1.16 bits per heavy atom. The van der Waals surface area contributed by atoms with E-state index in [-0.39, 0.29) is 12.0 Å². The second kappa shape index (κ2) is 8.13. The molecule has 0 aliphatic rings. The fraction of sp³-hybridized carbons (Fsp3) is 0.429. The van der Waals surface area contributed by atoms with Crippen molar-refractivity contribution < 1.29 is 17.4 Å². The quantitative estimate of drug-likeness (QED) is 0.432. The van der Waals surface area contributed by atoms with Crippen LogP contribution >= 0.6 is 12.0 Å². The van der Waals surface area contributed by atoms with Crippen LogP contribution in [-0.4, -0.2) is 6.36 Å². The van der Waals surface area contributed by atoms with Crippen LogP contribution in [0.3, 0.4) is 0 Å². The van der Waals surface area contributed by atoms with Crippen molar-refractivity contribution in [2.24, 2.45) is 0 Å². The Bertz CT molecular complexity index is 429.